The Kier molecular flexibility index (Phi) is 8.65. The third-order valence-electron chi connectivity index (χ3n) is 8.19. The van der Waals surface area contributed by atoms with Crippen LogP contribution in [0.2, 0.25) is 36.3 Å². The summed E-state index contributed by atoms with van der Waals surface area (Å²) in [7, 11) is -4.75. The van der Waals surface area contributed by atoms with Gasteiger partial charge in [-0.3, -0.25) is 0 Å². The molecule has 3 rings (SSSR count). The van der Waals surface area contributed by atoms with Gasteiger partial charge in [0.1, 0.15) is 29.6 Å². The second-order valence-electron chi connectivity index (χ2n) is 13.2. The van der Waals surface area contributed by atoms with Gasteiger partial charge in [0.05, 0.1) is 12.2 Å². The number of hydrogen-bond donors (Lipinski definition) is 1. The summed E-state index contributed by atoms with van der Waals surface area (Å²) in [5, 5.41) is 9.69. The van der Waals surface area contributed by atoms with Gasteiger partial charge in [0.2, 0.25) is 6.29 Å². The van der Waals surface area contributed by atoms with E-state index in [0.29, 0.717) is 6.07 Å². The fourth-order valence-corrected chi connectivity index (χ4v) is 6.42. The molecule has 0 bridgehead atoms. The van der Waals surface area contributed by atoms with E-state index in [9.17, 15) is 23.1 Å². The van der Waals surface area contributed by atoms with Crippen LogP contribution in [-0.2, 0) is 19.8 Å². The van der Waals surface area contributed by atoms with Crippen LogP contribution >= 0.6 is 0 Å². The van der Waals surface area contributed by atoms with Crippen molar-refractivity contribution in [3.8, 4) is 5.75 Å². The van der Waals surface area contributed by atoms with E-state index >= 15 is 0 Å². The largest absolute Gasteiger partial charge is 0.462 e. The lowest BCUT2D eigenvalue weighted by Gasteiger charge is -2.43. The van der Waals surface area contributed by atoms with Gasteiger partial charge in [-0.15, -0.1) is 0 Å². The Hall–Kier alpha value is -1.71. The molecule has 1 N–H and O–H groups in total. The number of alkyl halides is 3. The van der Waals surface area contributed by atoms with Crippen LogP contribution in [0.3, 0.4) is 0 Å². The van der Waals surface area contributed by atoms with Crippen LogP contribution in [0.15, 0.2) is 33.5 Å². The Bertz CT molecular complexity index is 1230. The average Bonchev–Trinajstić information content (AvgIpc) is 3.05. The summed E-state index contributed by atoms with van der Waals surface area (Å²) < 4.78 is 71.3. The van der Waals surface area contributed by atoms with E-state index in [-0.39, 0.29) is 33.4 Å². The first-order valence-electron chi connectivity index (χ1n) is 13.0. The fraction of sp³-hybridized carbons (Fsp3) is 0.667. The van der Waals surface area contributed by atoms with E-state index in [4.69, 9.17) is 22.7 Å². The predicted octanol–water partition coefficient (Wildman–Crippen LogP) is 6.69. The topological polar surface area (TPSA) is 87.4 Å². The maximum Gasteiger partial charge on any atom is 0.417 e. The van der Waals surface area contributed by atoms with Crippen LogP contribution in [0.4, 0.5) is 13.2 Å². The van der Waals surface area contributed by atoms with Crippen molar-refractivity contribution in [3.63, 3.8) is 0 Å². The molecule has 3 unspecified atom stereocenters. The molecule has 0 saturated carbocycles. The van der Waals surface area contributed by atoms with Crippen LogP contribution in [0, 0.1) is 0 Å². The second-order valence-corrected chi connectivity index (χ2v) is 22.7. The van der Waals surface area contributed by atoms with Gasteiger partial charge in [-0.1, -0.05) is 41.5 Å². The molecule has 1 aromatic heterocycles. The van der Waals surface area contributed by atoms with Gasteiger partial charge in [0.15, 0.2) is 16.6 Å². The summed E-state index contributed by atoms with van der Waals surface area (Å²) in [5.74, 6) is 0.128. The molecule has 1 aliphatic rings. The molecule has 1 aromatic carbocycles. The molecular formula is C27H41F3O7Si2. The SMILES string of the molecule is CC(C)(C)[Si](C)(C)OC1C(CO)O[C@@H](Oc2ccc3c(C(F)(F)F)cc(=O)oc3c2)C1O[Si](C)(C)C(C)(C)C. The summed E-state index contributed by atoms with van der Waals surface area (Å²) in [4.78, 5) is 11.9. The first-order chi connectivity index (χ1) is 17.6. The highest BCUT2D eigenvalue weighted by Gasteiger charge is 2.54. The van der Waals surface area contributed by atoms with Gasteiger partial charge in [-0.05, 0) is 48.4 Å². The fourth-order valence-electron chi connectivity index (χ4n) is 3.82. The molecule has 1 aliphatic heterocycles. The molecule has 0 aliphatic carbocycles. The lowest BCUT2D eigenvalue weighted by molar-refractivity contribution is -0.136. The smallest absolute Gasteiger partial charge is 0.417 e. The quantitative estimate of drug-likeness (QED) is 0.284. The zero-order chi connectivity index (χ0) is 29.8. The maximum atomic E-state index is 13.5. The average molecular weight is 591 g/mol. The molecule has 220 valence electrons. The van der Waals surface area contributed by atoms with Crippen molar-refractivity contribution < 1.29 is 41.0 Å². The van der Waals surface area contributed by atoms with Crippen molar-refractivity contribution in [1.29, 1.82) is 0 Å². The zero-order valence-corrected chi connectivity index (χ0v) is 26.4. The third kappa shape index (κ3) is 6.79. The number of aliphatic hydroxyl groups excluding tert-OH is 1. The minimum atomic E-state index is -4.73. The van der Waals surface area contributed by atoms with Crippen LogP contribution < -0.4 is 10.4 Å². The maximum absolute atomic E-state index is 13.5. The monoisotopic (exact) mass is 590 g/mol. The summed E-state index contributed by atoms with van der Waals surface area (Å²) in [6.45, 7) is 20.7. The number of ether oxygens (including phenoxy) is 2. The summed E-state index contributed by atoms with van der Waals surface area (Å²) in [6, 6.07) is 4.22. The Labute approximate surface area is 229 Å². The first kappa shape index (κ1) is 31.8. The van der Waals surface area contributed by atoms with Gasteiger partial charge < -0.3 is 27.8 Å². The Morgan fingerprint density at radius 1 is 0.897 bits per heavy atom. The third-order valence-corrected chi connectivity index (χ3v) is 17.1. The van der Waals surface area contributed by atoms with Crippen molar-refractivity contribution >= 4 is 27.6 Å². The number of rotatable bonds is 7. The van der Waals surface area contributed by atoms with E-state index in [1.165, 1.54) is 18.2 Å². The summed E-state index contributed by atoms with van der Waals surface area (Å²) in [6.07, 6.45) is -7.85. The molecule has 4 atom stereocenters. The molecule has 0 spiro atoms. The number of aliphatic hydroxyl groups is 1. The second kappa shape index (κ2) is 10.6. The molecular weight excluding hydrogens is 549 g/mol. The number of benzene rings is 1. The number of hydrogen-bond acceptors (Lipinski definition) is 7. The van der Waals surface area contributed by atoms with Crippen molar-refractivity contribution in [2.45, 2.75) is 109 Å². The Morgan fingerprint density at radius 2 is 1.44 bits per heavy atom. The van der Waals surface area contributed by atoms with Gasteiger partial charge in [-0.25, -0.2) is 4.79 Å². The lowest BCUT2D eigenvalue weighted by atomic mass is 10.1. The molecule has 39 heavy (non-hydrogen) atoms. The first-order valence-corrected chi connectivity index (χ1v) is 18.8. The van der Waals surface area contributed by atoms with E-state index < -0.39 is 58.6 Å². The van der Waals surface area contributed by atoms with Crippen molar-refractivity contribution in [3.05, 3.63) is 40.2 Å². The normalized spacial score (nSPS) is 23.4. The van der Waals surface area contributed by atoms with Gasteiger partial charge in [0, 0.05) is 17.5 Å². The van der Waals surface area contributed by atoms with Crippen molar-refractivity contribution in [2.75, 3.05) is 6.61 Å². The van der Waals surface area contributed by atoms with E-state index in [1.807, 2.05) is 0 Å². The summed E-state index contributed by atoms with van der Waals surface area (Å²) in [5.41, 5.74) is -2.47. The number of halogens is 3. The predicted molar refractivity (Wildman–Crippen MR) is 148 cm³/mol. The highest BCUT2D eigenvalue weighted by Crippen LogP contribution is 2.44. The molecule has 0 radical (unpaired) electrons. The highest BCUT2D eigenvalue weighted by atomic mass is 28.4. The van der Waals surface area contributed by atoms with Crippen LogP contribution in [-0.4, -0.2) is 53.0 Å². The minimum Gasteiger partial charge on any atom is -0.462 e. The molecule has 1 saturated heterocycles. The Morgan fingerprint density at radius 3 is 1.92 bits per heavy atom. The van der Waals surface area contributed by atoms with Gasteiger partial charge in [-0.2, -0.15) is 13.2 Å². The Balaban J connectivity index is 2.04. The van der Waals surface area contributed by atoms with Gasteiger partial charge in [0.25, 0.3) is 0 Å². The molecule has 1 fully saturated rings. The molecule has 7 nitrogen and oxygen atoms in total. The summed E-state index contributed by atoms with van der Waals surface area (Å²) >= 11 is 0. The minimum absolute atomic E-state index is 0.125. The highest BCUT2D eigenvalue weighted by molar-refractivity contribution is 6.74. The number of fused-ring (bicyclic) bond motifs is 1. The molecule has 12 heteroatoms. The molecule has 0 amide bonds. The van der Waals surface area contributed by atoms with E-state index in [0.717, 1.165) is 0 Å². The van der Waals surface area contributed by atoms with Crippen LogP contribution in [0.1, 0.15) is 47.1 Å². The van der Waals surface area contributed by atoms with E-state index in [2.05, 4.69) is 67.7 Å². The standard InChI is InChI=1S/C27H41F3O7Si2/c1-25(2,3)38(7,8)36-22-20(15-31)35-24(23(22)37-39(9,10)26(4,5)6)33-16-11-12-17-18(27(28,29)30)14-21(32)34-19(17)13-16/h11-14,20,22-24,31H,15H2,1-10H3/t20?,22?,23?,24-/m1/s1. The van der Waals surface area contributed by atoms with Crippen LogP contribution in [0.25, 0.3) is 11.0 Å². The molecule has 2 aromatic rings. The lowest BCUT2D eigenvalue weighted by Crippen LogP contribution is -2.54. The molecule has 2 heterocycles. The zero-order valence-electron chi connectivity index (χ0n) is 24.4. The van der Waals surface area contributed by atoms with E-state index in [1.54, 1.807) is 0 Å². The van der Waals surface area contributed by atoms with Crippen molar-refractivity contribution in [1.82, 2.24) is 0 Å². The van der Waals surface area contributed by atoms with Gasteiger partial charge >= 0.3 is 11.8 Å². The van der Waals surface area contributed by atoms with Crippen molar-refractivity contribution in [2.24, 2.45) is 0 Å². The van der Waals surface area contributed by atoms with Crippen LogP contribution in [0.5, 0.6) is 5.75 Å².